The van der Waals surface area contributed by atoms with Crippen molar-refractivity contribution in [1.82, 2.24) is 0 Å². The average Bonchev–Trinajstić information content (AvgIpc) is 3.08. The zero-order valence-electron chi connectivity index (χ0n) is 19.6. The summed E-state index contributed by atoms with van der Waals surface area (Å²) >= 11 is 0. The van der Waals surface area contributed by atoms with Crippen LogP contribution in [0.1, 0.15) is 81.4 Å². The lowest BCUT2D eigenvalue weighted by Gasteiger charge is -2.34. The average molecular weight is 425 g/mol. The normalized spacial score (nSPS) is 23.8. The van der Waals surface area contributed by atoms with Gasteiger partial charge in [0.1, 0.15) is 0 Å². The Morgan fingerprint density at radius 3 is 2.56 bits per heavy atom. The molecule has 2 aliphatic rings. The van der Waals surface area contributed by atoms with E-state index in [1.807, 2.05) is 12.3 Å². The lowest BCUT2D eigenvalue weighted by molar-refractivity contribution is 0.320. The van der Waals surface area contributed by atoms with Crippen molar-refractivity contribution in [3.63, 3.8) is 0 Å². The fourth-order valence-electron chi connectivity index (χ4n) is 5.50. The number of nitrogens with zero attached hydrogens (tertiary/aromatic N) is 2. The minimum atomic E-state index is 0.101. The van der Waals surface area contributed by atoms with Crippen LogP contribution < -0.4 is 0 Å². The third kappa shape index (κ3) is 4.70. The standard InChI is InChI=1S/C30H36N2/c1-4-5-6-7-8-12-19-30(2)28-20-24(31-3)15-17-26(28)27-18-16-25(21-29(27)30)32-22-23-13-10-9-11-14-23/h9-11,13-18,20-22,26,28H,3-8,12,19H2,1-2H3. The molecule has 0 N–H and O–H groups in total. The highest BCUT2D eigenvalue weighted by Crippen LogP contribution is 2.56. The van der Waals surface area contributed by atoms with E-state index in [-0.39, 0.29) is 5.41 Å². The summed E-state index contributed by atoms with van der Waals surface area (Å²) in [7, 11) is 0. The highest BCUT2D eigenvalue weighted by molar-refractivity contribution is 5.82. The third-order valence-corrected chi connectivity index (χ3v) is 7.35. The number of allylic oxidation sites excluding steroid dienone is 3. The van der Waals surface area contributed by atoms with Crippen LogP contribution in [0.4, 0.5) is 5.69 Å². The predicted octanol–water partition coefficient (Wildman–Crippen LogP) is 8.31. The van der Waals surface area contributed by atoms with Gasteiger partial charge in [-0.1, -0.05) is 101 Å². The number of aliphatic imine (C=N–C) groups is 2. The molecule has 3 unspecified atom stereocenters. The summed E-state index contributed by atoms with van der Waals surface area (Å²) in [5.41, 5.74) is 6.20. The van der Waals surface area contributed by atoms with Gasteiger partial charge in [0, 0.05) is 17.5 Å². The predicted molar refractivity (Wildman–Crippen MR) is 138 cm³/mol. The molecule has 4 rings (SSSR count). The van der Waals surface area contributed by atoms with Gasteiger partial charge in [-0.05, 0) is 54.0 Å². The van der Waals surface area contributed by atoms with E-state index in [0.717, 1.165) is 16.9 Å². The number of rotatable bonds is 10. The Hall–Kier alpha value is -2.74. The van der Waals surface area contributed by atoms with Gasteiger partial charge in [0.2, 0.25) is 0 Å². The first-order chi connectivity index (χ1) is 15.7. The molecule has 0 bridgehead atoms. The van der Waals surface area contributed by atoms with Crippen molar-refractivity contribution in [3.05, 3.63) is 89.1 Å². The molecule has 0 aromatic heterocycles. The van der Waals surface area contributed by atoms with E-state index >= 15 is 0 Å². The van der Waals surface area contributed by atoms with E-state index in [1.54, 1.807) is 0 Å². The lowest BCUT2D eigenvalue weighted by atomic mass is 9.69. The molecule has 32 heavy (non-hydrogen) atoms. The minimum Gasteiger partial charge on any atom is -0.265 e. The van der Waals surface area contributed by atoms with Gasteiger partial charge in [-0.15, -0.1) is 0 Å². The highest BCUT2D eigenvalue weighted by Gasteiger charge is 2.47. The summed E-state index contributed by atoms with van der Waals surface area (Å²) in [5, 5.41) is 0. The van der Waals surface area contributed by atoms with Crippen LogP contribution in [0.2, 0.25) is 0 Å². The summed E-state index contributed by atoms with van der Waals surface area (Å²) in [6.45, 7) is 8.52. The van der Waals surface area contributed by atoms with Crippen LogP contribution in [0.15, 0.2) is 82.4 Å². The van der Waals surface area contributed by atoms with Crippen molar-refractivity contribution in [1.29, 1.82) is 0 Å². The van der Waals surface area contributed by atoms with Gasteiger partial charge in [0.25, 0.3) is 0 Å². The molecular formula is C30H36N2. The molecule has 0 fully saturated rings. The van der Waals surface area contributed by atoms with E-state index in [2.05, 4.69) is 86.3 Å². The Labute approximate surface area is 193 Å². The molecule has 0 saturated carbocycles. The Balaban J connectivity index is 1.60. The molecule has 0 aliphatic heterocycles. The maximum absolute atomic E-state index is 4.81. The zero-order valence-corrected chi connectivity index (χ0v) is 19.6. The second-order valence-corrected chi connectivity index (χ2v) is 9.54. The van der Waals surface area contributed by atoms with Crippen LogP contribution in [0, 0.1) is 5.92 Å². The zero-order chi connectivity index (χ0) is 22.4. The SMILES string of the molecule is C=NC1=CC2C(C=C1)c1ccc(N=Cc3ccccc3)cc1C2(C)CCCCCCCC. The molecule has 3 atom stereocenters. The smallest absolute Gasteiger partial charge is 0.0633 e. The Morgan fingerprint density at radius 1 is 1.00 bits per heavy atom. The first-order valence-electron chi connectivity index (χ1n) is 12.3. The molecule has 166 valence electrons. The molecular weight excluding hydrogens is 388 g/mol. The maximum atomic E-state index is 4.81. The number of unbranched alkanes of at least 4 members (excludes halogenated alkanes) is 5. The van der Waals surface area contributed by atoms with Crippen molar-refractivity contribution < 1.29 is 0 Å². The number of fused-ring (bicyclic) bond motifs is 3. The molecule has 2 aliphatic carbocycles. The molecule has 2 aromatic carbocycles. The van der Waals surface area contributed by atoms with Gasteiger partial charge in [-0.3, -0.25) is 9.98 Å². The van der Waals surface area contributed by atoms with Gasteiger partial charge >= 0.3 is 0 Å². The van der Waals surface area contributed by atoms with E-state index in [1.165, 1.54) is 56.1 Å². The van der Waals surface area contributed by atoms with Gasteiger partial charge in [-0.2, -0.15) is 0 Å². The van der Waals surface area contributed by atoms with Crippen molar-refractivity contribution in [2.45, 2.75) is 70.1 Å². The second kappa shape index (κ2) is 10.3. The molecule has 2 heteroatoms. The van der Waals surface area contributed by atoms with Crippen molar-refractivity contribution in [3.8, 4) is 0 Å². The summed E-state index contributed by atoms with van der Waals surface area (Å²) in [4.78, 5) is 9.06. The van der Waals surface area contributed by atoms with Crippen LogP contribution in [-0.4, -0.2) is 12.9 Å². The fraction of sp³-hybridized carbons (Fsp3) is 0.400. The Kier molecular flexibility index (Phi) is 7.19. The molecule has 0 radical (unpaired) electrons. The maximum Gasteiger partial charge on any atom is 0.0633 e. The molecule has 2 aromatic rings. The summed E-state index contributed by atoms with van der Waals surface area (Å²) in [6, 6.07) is 17.1. The van der Waals surface area contributed by atoms with Gasteiger partial charge in [0.15, 0.2) is 0 Å². The Morgan fingerprint density at radius 2 is 1.78 bits per heavy atom. The summed E-state index contributed by atoms with van der Waals surface area (Å²) < 4.78 is 0. The molecule has 0 saturated heterocycles. The summed E-state index contributed by atoms with van der Waals surface area (Å²) in [5.74, 6) is 0.861. The topological polar surface area (TPSA) is 24.7 Å². The molecule has 0 spiro atoms. The minimum absolute atomic E-state index is 0.101. The van der Waals surface area contributed by atoms with Crippen molar-refractivity contribution in [2.75, 3.05) is 0 Å². The number of benzene rings is 2. The first kappa shape index (κ1) is 22.5. The van der Waals surface area contributed by atoms with Crippen LogP contribution in [0.5, 0.6) is 0 Å². The van der Waals surface area contributed by atoms with E-state index in [0.29, 0.717) is 11.8 Å². The van der Waals surface area contributed by atoms with Crippen LogP contribution in [-0.2, 0) is 5.41 Å². The van der Waals surface area contributed by atoms with Gasteiger partial charge in [0.05, 0.1) is 11.4 Å². The van der Waals surface area contributed by atoms with Gasteiger partial charge < -0.3 is 0 Å². The highest BCUT2D eigenvalue weighted by atomic mass is 14.7. The van der Waals surface area contributed by atoms with E-state index in [9.17, 15) is 0 Å². The van der Waals surface area contributed by atoms with Crippen molar-refractivity contribution >= 4 is 18.6 Å². The van der Waals surface area contributed by atoms with Crippen LogP contribution in [0.3, 0.4) is 0 Å². The molecule has 2 nitrogen and oxygen atoms in total. The Bertz CT molecular complexity index is 1010. The largest absolute Gasteiger partial charge is 0.265 e. The molecule has 0 amide bonds. The third-order valence-electron chi connectivity index (χ3n) is 7.35. The quantitative estimate of drug-likeness (QED) is 0.270. The first-order valence-corrected chi connectivity index (χ1v) is 12.3. The van der Waals surface area contributed by atoms with E-state index in [4.69, 9.17) is 4.99 Å². The van der Waals surface area contributed by atoms with Crippen molar-refractivity contribution in [2.24, 2.45) is 15.9 Å². The second-order valence-electron chi connectivity index (χ2n) is 9.54. The summed E-state index contributed by atoms with van der Waals surface area (Å²) in [6.07, 6.45) is 18.0. The van der Waals surface area contributed by atoms with E-state index < -0.39 is 0 Å². The van der Waals surface area contributed by atoms with Crippen LogP contribution >= 0.6 is 0 Å². The lowest BCUT2D eigenvalue weighted by Crippen LogP contribution is -2.29. The van der Waals surface area contributed by atoms with Gasteiger partial charge in [-0.25, -0.2) is 0 Å². The molecule has 0 heterocycles. The number of hydrogen-bond donors (Lipinski definition) is 0. The monoisotopic (exact) mass is 424 g/mol. The fourth-order valence-corrected chi connectivity index (χ4v) is 5.50. The van der Waals surface area contributed by atoms with Crippen LogP contribution in [0.25, 0.3) is 0 Å². The number of hydrogen-bond acceptors (Lipinski definition) is 2.